The molecule has 1 amide bonds. The SMILES string of the molecule is CN(CC(=O)O)[C@@H]1CCCN(C(=O)Cc2ccc3c(c2)CCCC3)CC1. The number of benzene rings is 1. The number of carboxylic acids is 1. The molecule has 142 valence electrons. The van der Waals surface area contributed by atoms with Gasteiger partial charge in [-0.15, -0.1) is 0 Å². The summed E-state index contributed by atoms with van der Waals surface area (Å²) in [6, 6.07) is 6.79. The Hall–Kier alpha value is -1.88. The lowest BCUT2D eigenvalue weighted by atomic mass is 9.90. The first-order valence-corrected chi connectivity index (χ1v) is 9.83. The van der Waals surface area contributed by atoms with Crippen LogP contribution in [-0.2, 0) is 28.9 Å². The van der Waals surface area contributed by atoms with E-state index in [1.165, 1.54) is 30.4 Å². The van der Waals surface area contributed by atoms with E-state index in [1.54, 1.807) is 0 Å². The molecule has 0 bridgehead atoms. The summed E-state index contributed by atoms with van der Waals surface area (Å²) in [6.45, 7) is 1.56. The average molecular weight is 358 g/mol. The zero-order valence-corrected chi connectivity index (χ0v) is 15.7. The molecule has 1 aromatic rings. The summed E-state index contributed by atoms with van der Waals surface area (Å²) in [5.41, 5.74) is 4.00. The summed E-state index contributed by atoms with van der Waals surface area (Å²) in [5, 5.41) is 8.97. The number of aryl methyl sites for hydroxylation is 2. The first kappa shape index (κ1) is 18.9. The van der Waals surface area contributed by atoms with Crippen molar-refractivity contribution in [2.45, 2.75) is 57.4 Å². The summed E-state index contributed by atoms with van der Waals surface area (Å²) in [4.78, 5) is 27.5. The molecule has 2 aliphatic rings. The van der Waals surface area contributed by atoms with Gasteiger partial charge in [-0.3, -0.25) is 14.5 Å². The molecule has 3 rings (SSSR count). The third kappa shape index (κ3) is 4.85. The van der Waals surface area contributed by atoms with Crippen LogP contribution in [0.5, 0.6) is 0 Å². The highest BCUT2D eigenvalue weighted by Gasteiger charge is 2.24. The van der Waals surface area contributed by atoms with E-state index in [0.29, 0.717) is 6.42 Å². The van der Waals surface area contributed by atoms with Crippen molar-refractivity contribution < 1.29 is 14.7 Å². The largest absolute Gasteiger partial charge is 0.480 e. The van der Waals surface area contributed by atoms with Crippen LogP contribution in [0.2, 0.25) is 0 Å². The van der Waals surface area contributed by atoms with Crippen LogP contribution in [0.3, 0.4) is 0 Å². The number of carbonyl (C=O) groups excluding carboxylic acids is 1. The third-order valence-corrected chi connectivity index (χ3v) is 5.83. The van der Waals surface area contributed by atoms with Gasteiger partial charge in [0.2, 0.25) is 5.91 Å². The van der Waals surface area contributed by atoms with Crippen molar-refractivity contribution >= 4 is 11.9 Å². The van der Waals surface area contributed by atoms with Gasteiger partial charge < -0.3 is 10.0 Å². The molecule has 1 N–H and O–H groups in total. The minimum atomic E-state index is -0.794. The van der Waals surface area contributed by atoms with Gasteiger partial charge in [0.25, 0.3) is 0 Å². The lowest BCUT2D eigenvalue weighted by Crippen LogP contribution is -2.37. The Balaban J connectivity index is 1.56. The molecule has 1 saturated heterocycles. The standard InChI is InChI=1S/C21H30N2O3/c1-22(15-21(25)26)19-7-4-11-23(12-10-19)20(24)14-16-8-9-17-5-2-3-6-18(17)13-16/h8-9,13,19H,2-7,10-12,14-15H2,1H3,(H,25,26)/t19-/m1/s1. The number of likely N-dealkylation sites (tertiary alicyclic amines) is 1. The zero-order valence-electron chi connectivity index (χ0n) is 15.7. The molecule has 26 heavy (non-hydrogen) atoms. The Bertz CT molecular complexity index is 659. The summed E-state index contributed by atoms with van der Waals surface area (Å²) in [6.07, 6.45) is 8.04. The van der Waals surface area contributed by atoms with E-state index in [2.05, 4.69) is 18.2 Å². The maximum absolute atomic E-state index is 12.8. The molecule has 5 nitrogen and oxygen atoms in total. The first-order valence-electron chi connectivity index (χ1n) is 9.83. The van der Waals surface area contributed by atoms with Gasteiger partial charge in [0.05, 0.1) is 13.0 Å². The summed E-state index contributed by atoms with van der Waals surface area (Å²) >= 11 is 0. The van der Waals surface area contributed by atoms with Crippen molar-refractivity contribution in [2.75, 3.05) is 26.7 Å². The molecule has 0 saturated carbocycles. The number of aliphatic carboxylic acids is 1. The quantitative estimate of drug-likeness (QED) is 0.879. The molecule has 1 aliphatic heterocycles. The second kappa shape index (κ2) is 8.67. The number of carboxylic acid groups (broad SMARTS) is 1. The van der Waals surface area contributed by atoms with Crippen molar-refractivity contribution in [3.63, 3.8) is 0 Å². The first-order chi connectivity index (χ1) is 12.5. The fraction of sp³-hybridized carbons (Fsp3) is 0.619. The second-order valence-electron chi connectivity index (χ2n) is 7.76. The van der Waals surface area contributed by atoms with Crippen molar-refractivity contribution in [2.24, 2.45) is 0 Å². The summed E-state index contributed by atoms with van der Waals surface area (Å²) in [5.74, 6) is -0.598. The van der Waals surface area contributed by atoms with E-state index in [-0.39, 0.29) is 18.5 Å². The van der Waals surface area contributed by atoms with E-state index >= 15 is 0 Å². The molecule has 1 aliphatic carbocycles. The lowest BCUT2D eigenvalue weighted by Gasteiger charge is -2.25. The molecule has 0 aromatic heterocycles. The Morgan fingerprint density at radius 2 is 1.88 bits per heavy atom. The second-order valence-corrected chi connectivity index (χ2v) is 7.76. The number of rotatable bonds is 5. The van der Waals surface area contributed by atoms with Gasteiger partial charge in [0.1, 0.15) is 0 Å². The molecule has 0 radical (unpaired) electrons. The smallest absolute Gasteiger partial charge is 0.317 e. The number of fused-ring (bicyclic) bond motifs is 1. The Kier molecular flexibility index (Phi) is 6.30. The highest BCUT2D eigenvalue weighted by molar-refractivity contribution is 5.79. The maximum Gasteiger partial charge on any atom is 0.317 e. The van der Waals surface area contributed by atoms with Crippen molar-refractivity contribution in [1.29, 1.82) is 0 Å². The van der Waals surface area contributed by atoms with Gasteiger partial charge in [-0.1, -0.05) is 18.2 Å². The van der Waals surface area contributed by atoms with Gasteiger partial charge in [0.15, 0.2) is 0 Å². The van der Waals surface area contributed by atoms with Gasteiger partial charge in [-0.25, -0.2) is 0 Å². The van der Waals surface area contributed by atoms with Crippen LogP contribution < -0.4 is 0 Å². The number of amides is 1. The van der Waals surface area contributed by atoms with Crippen LogP contribution in [0.15, 0.2) is 18.2 Å². The molecular weight excluding hydrogens is 328 g/mol. The van der Waals surface area contributed by atoms with Crippen LogP contribution in [0, 0.1) is 0 Å². The van der Waals surface area contributed by atoms with Gasteiger partial charge >= 0.3 is 5.97 Å². The molecule has 1 atom stereocenters. The number of hydrogen-bond donors (Lipinski definition) is 1. The van der Waals surface area contributed by atoms with Crippen molar-refractivity contribution in [1.82, 2.24) is 9.80 Å². The van der Waals surface area contributed by atoms with E-state index in [4.69, 9.17) is 5.11 Å². The Morgan fingerprint density at radius 1 is 1.12 bits per heavy atom. The Morgan fingerprint density at radius 3 is 2.65 bits per heavy atom. The zero-order chi connectivity index (χ0) is 18.5. The Labute approximate surface area is 156 Å². The number of carbonyl (C=O) groups is 2. The molecule has 0 unspecified atom stereocenters. The monoisotopic (exact) mass is 358 g/mol. The van der Waals surface area contributed by atoms with Gasteiger partial charge in [0, 0.05) is 19.1 Å². The minimum absolute atomic E-state index is 0.0632. The summed E-state index contributed by atoms with van der Waals surface area (Å²) < 4.78 is 0. The van der Waals surface area contributed by atoms with Crippen molar-refractivity contribution in [3.05, 3.63) is 34.9 Å². The fourth-order valence-corrected chi connectivity index (χ4v) is 4.29. The number of nitrogens with zero attached hydrogens (tertiary/aromatic N) is 2. The third-order valence-electron chi connectivity index (χ3n) is 5.83. The van der Waals surface area contributed by atoms with E-state index in [0.717, 1.165) is 44.3 Å². The average Bonchev–Trinajstić information content (AvgIpc) is 2.87. The van der Waals surface area contributed by atoms with Crippen LogP contribution >= 0.6 is 0 Å². The fourth-order valence-electron chi connectivity index (χ4n) is 4.29. The highest BCUT2D eigenvalue weighted by Crippen LogP contribution is 2.23. The maximum atomic E-state index is 12.8. The summed E-state index contributed by atoms with van der Waals surface area (Å²) in [7, 11) is 1.86. The lowest BCUT2D eigenvalue weighted by molar-refractivity contribution is -0.138. The topological polar surface area (TPSA) is 60.9 Å². The molecular formula is C21H30N2O3. The van der Waals surface area contributed by atoms with Crippen LogP contribution in [0.1, 0.15) is 48.8 Å². The highest BCUT2D eigenvalue weighted by atomic mass is 16.4. The number of hydrogen-bond acceptors (Lipinski definition) is 3. The predicted octanol–water partition coefficient (Wildman–Crippen LogP) is 2.51. The van der Waals surface area contributed by atoms with Crippen LogP contribution in [0.4, 0.5) is 0 Å². The normalized spacial score (nSPS) is 20.5. The van der Waals surface area contributed by atoms with E-state index in [1.807, 2.05) is 16.8 Å². The predicted molar refractivity (Wildman–Crippen MR) is 101 cm³/mol. The van der Waals surface area contributed by atoms with Crippen LogP contribution in [0.25, 0.3) is 0 Å². The molecule has 1 heterocycles. The number of likely N-dealkylation sites (N-methyl/N-ethyl adjacent to an activating group) is 1. The molecule has 0 spiro atoms. The molecule has 1 aromatic carbocycles. The molecule has 1 fully saturated rings. The minimum Gasteiger partial charge on any atom is -0.480 e. The van der Waals surface area contributed by atoms with E-state index < -0.39 is 5.97 Å². The van der Waals surface area contributed by atoms with Gasteiger partial charge in [-0.2, -0.15) is 0 Å². The van der Waals surface area contributed by atoms with Gasteiger partial charge in [-0.05, 0) is 68.7 Å². The van der Waals surface area contributed by atoms with Crippen molar-refractivity contribution in [3.8, 4) is 0 Å². The van der Waals surface area contributed by atoms with E-state index in [9.17, 15) is 9.59 Å². The molecule has 5 heteroatoms. The van der Waals surface area contributed by atoms with Crippen LogP contribution in [-0.4, -0.2) is 59.5 Å².